The van der Waals surface area contributed by atoms with Crippen LogP contribution in [0.5, 0.6) is 0 Å². The first-order chi connectivity index (χ1) is 15.3. The van der Waals surface area contributed by atoms with E-state index in [1.54, 1.807) is 24.3 Å². The number of amides is 3. The second-order valence-corrected chi connectivity index (χ2v) is 8.66. The fourth-order valence-corrected chi connectivity index (χ4v) is 4.21. The van der Waals surface area contributed by atoms with Gasteiger partial charge in [-0.15, -0.1) is 0 Å². The first-order valence-electron chi connectivity index (χ1n) is 10.2. The van der Waals surface area contributed by atoms with Crippen molar-refractivity contribution in [2.75, 3.05) is 16.8 Å². The number of rotatable bonds is 5. The van der Waals surface area contributed by atoms with Crippen molar-refractivity contribution in [1.29, 1.82) is 0 Å². The van der Waals surface area contributed by atoms with Crippen LogP contribution in [-0.2, 0) is 19.1 Å². The lowest BCUT2D eigenvalue weighted by Crippen LogP contribution is -2.31. The van der Waals surface area contributed by atoms with Crippen LogP contribution in [0.1, 0.15) is 28.8 Å². The molecule has 0 bridgehead atoms. The molecular weight excluding hydrogens is 476 g/mol. The number of fused-ring (bicyclic) bond motifs is 1. The lowest BCUT2D eigenvalue weighted by Gasteiger charge is -2.15. The number of nitrogens with zero attached hydrogens (tertiary/aromatic N) is 1. The van der Waals surface area contributed by atoms with Gasteiger partial charge in [0.15, 0.2) is 6.61 Å². The molecule has 8 heteroatoms. The Labute approximate surface area is 193 Å². The van der Waals surface area contributed by atoms with Gasteiger partial charge in [0.05, 0.1) is 23.1 Å². The van der Waals surface area contributed by atoms with E-state index in [1.807, 2.05) is 25.1 Å². The monoisotopic (exact) mass is 496 g/mol. The SMILES string of the molecule is Cc1cc(NC(=O)COC(=O)c2cccc(N3C(=O)[C@@H]4CC=CC[C@H]4C3=O)c2)ccc1Br. The highest BCUT2D eigenvalue weighted by Crippen LogP contribution is 2.37. The predicted octanol–water partition coefficient (Wildman–Crippen LogP) is 4.01. The van der Waals surface area contributed by atoms with Crippen LogP contribution in [-0.4, -0.2) is 30.3 Å². The number of anilines is 2. The molecule has 0 unspecified atom stereocenters. The molecule has 1 fully saturated rings. The van der Waals surface area contributed by atoms with Gasteiger partial charge in [0.2, 0.25) is 11.8 Å². The van der Waals surface area contributed by atoms with E-state index in [9.17, 15) is 19.2 Å². The molecule has 0 saturated carbocycles. The number of aryl methyl sites for hydroxylation is 1. The Bertz CT molecular complexity index is 1120. The molecule has 164 valence electrons. The molecule has 1 aliphatic heterocycles. The number of imide groups is 1. The Morgan fingerprint density at radius 3 is 2.41 bits per heavy atom. The van der Waals surface area contributed by atoms with E-state index in [4.69, 9.17) is 4.74 Å². The molecule has 2 aliphatic rings. The lowest BCUT2D eigenvalue weighted by molar-refractivity contribution is -0.122. The first-order valence-corrected chi connectivity index (χ1v) is 11.0. The number of carbonyl (C=O) groups excluding carboxylic acids is 4. The van der Waals surface area contributed by atoms with Gasteiger partial charge in [-0.1, -0.05) is 34.1 Å². The molecule has 0 spiro atoms. The highest BCUT2D eigenvalue weighted by atomic mass is 79.9. The summed E-state index contributed by atoms with van der Waals surface area (Å²) in [6.07, 6.45) is 4.93. The van der Waals surface area contributed by atoms with Gasteiger partial charge in [0, 0.05) is 10.2 Å². The molecule has 7 nitrogen and oxygen atoms in total. The van der Waals surface area contributed by atoms with E-state index in [-0.39, 0.29) is 29.2 Å². The topological polar surface area (TPSA) is 92.8 Å². The third-order valence-corrected chi connectivity index (χ3v) is 6.51. The number of halogens is 1. The zero-order valence-corrected chi connectivity index (χ0v) is 18.9. The molecule has 2 aromatic carbocycles. The summed E-state index contributed by atoms with van der Waals surface area (Å²) in [6.45, 7) is 1.43. The number of nitrogens with one attached hydrogen (secondary N) is 1. The molecule has 1 heterocycles. The van der Waals surface area contributed by atoms with Crippen molar-refractivity contribution in [3.05, 3.63) is 70.2 Å². The summed E-state index contributed by atoms with van der Waals surface area (Å²) < 4.78 is 6.05. The fourth-order valence-electron chi connectivity index (χ4n) is 3.96. The average molecular weight is 497 g/mol. The van der Waals surface area contributed by atoms with Crippen molar-refractivity contribution >= 4 is 51.0 Å². The second-order valence-electron chi connectivity index (χ2n) is 7.81. The molecule has 4 rings (SSSR count). The molecule has 1 saturated heterocycles. The fraction of sp³-hybridized carbons (Fsp3) is 0.250. The number of hydrogen-bond acceptors (Lipinski definition) is 5. The molecular formula is C24H21BrN2O5. The van der Waals surface area contributed by atoms with E-state index in [0.29, 0.717) is 24.2 Å². The highest BCUT2D eigenvalue weighted by molar-refractivity contribution is 9.10. The molecule has 0 radical (unpaired) electrons. The molecule has 1 aliphatic carbocycles. The largest absolute Gasteiger partial charge is 0.452 e. The minimum absolute atomic E-state index is 0.156. The van der Waals surface area contributed by atoms with Crippen LogP contribution in [0.25, 0.3) is 0 Å². The van der Waals surface area contributed by atoms with Crippen LogP contribution in [0.2, 0.25) is 0 Å². The standard InChI is InChI=1S/C24H21BrN2O5/c1-14-11-16(9-10-20(14)25)26-21(28)13-32-24(31)15-5-4-6-17(12-15)27-22(29)18-7-2-3-8-19(18)23(27)30/h2-6,9-12,18-19H,7-8,13H2,1H3,(H,26,28)/t18-,19-/m1/s1. The first kappa shape index (κ1) is 22.0. The highest BCUT2D eigenvalue weighted by Gasteiger charge is 2.47. The van der Waals surface area contributed by atoms with E-state index in [0.717, 1.165) is 14.9 Å². The van der Waals surface area contributed by atoms with E-state index in [1.165, 1.54) is 12.1 Å². The van der Waals surface area contributed by atoms with Crippen LogP contribution in [0, 0.1) is 18.8 Å². The van der Waals surface area contributed by atoms with Crippen LogP contribution < -0.4 is 10.2 Å². The summed E-state index contributed by atoms with van der Waals surface area (Å²) >= 11 is 3.40. The van der Waals surface area contributed by atoms with Crippen LogP contribution >= 0.6 is 15.9 Å². The molecule has 2 aromatic rings. The van der Waals surface area contributed by atoms with Gasteiger partial charge in [-0.2, -0.15) is 0 Å². The Hall–Kier alpha value is -3.26. The van der Waals surface area contributed by atoms with Crippen molar-refractivity contribution in [2.24, 2.45) is 11.8 Å². The minimum Gasteiger partial charge on any atom is -0.452 e. The summed E-state index contributed by atoms with van der Waals surface area (Å²) in [5, 5.41) is 2.67. The molecule has 2 atom stereocenters. The average Bonchev–Trinajstić information content (AvgIpc) is 3.05. The van der Waals surface area contributed by atoms with Crippen molar-refractivity contribution in [1.82, 2.24) is 0 Å². The van der Waals surface area contributed by atoms with Gasteiger partial charge in [-0.05, 0) is 61.7 Å². The van der Waals surface area contributed by atoms with Crippen molar-refractivity contribution in [3.8, 4) is 0 Å². The van der Waals surface area contributed by atoms with Crippen molar-refractivity contribution < 1.29 is 23.9 Å². The number of benzene rings is 2. The van der Waals surface area contributed by atoms with E-state index >= 15 is 0 Å². The van der Waals surface area contributed by atoms with Crippen molar-refractivity contribution in [2.45, 2.75) is 19.8 Å². The Balaban J connectivity index is 1.40. The summed E-state index contributed by atoms with van der Waals surface area (Å²) in [5.74, 6) is -2.40. The predicted molar refractivity (Wildman–Crippen MR) is 122 cm³/mol. The zero-order valence-electron chi connectivity index (χ0n) is 17.3. The summed E-state index contributed by atoms with van der Waals surface area (Å²) in [6, 6.07) is 11.5. The molecule has 3 amide bonds. The maximum Gasteiger partial charge on any atom is 0.338 e. The summed E-state index contributed by atoms with van der Waals surface area (Å²) in [7, 11) is 0. The Morgan fingerprint density at radius 2 is 1.75 bits per heavy atom. The molecule has 0 aromatic heterocycles. The third-order valence-electron chi connectivity index (χ3n) is 5.62. The van der Waals surface area contributed by atoms with Crippen LogP contribution in [0.4, 0.5) is 11.4 Å². The van der Waals surface area contributed by atoms with E-state index < -0.39 is 18.5 Å². The maximum atomic E-state index is 12.8. The maximum absolute atomic E-state index is 12.8. The Kier molecular flexibility index (Phi) is 6.23. The van der Waals surface area contributed by atoms with Gasteiger partial charge in [0.25, 0.3) is 5.91 Å². The molecule has 32 heavy (non-hydrogen) atoms. The smallest absolute Gasteiger partial charge is 0.338 e. The Morgan fingerprint density at radius 1 is 1.06 bits per heavy atom. The van der Waals surface area contributed by atoms with Crippen LogP contribution in [0.15, 0.2) is 59.1 Å². The number of esters is 1. The van der Waals surface area contributed by atoms with Gasteiger partial charge in [-0.25, -0.2) is 4.79 Å². The summed E-state index contributed by atoms with van der Waals surface area (Å²) in [5.41, 5.74) is 2.04. The summed E-state index contributed by atoms with van der Waals surface area (Å²) in [4.78, 5) is 51.3. The van der Waals surface area contributed by atoms with Gasteiger partial charge in [-0.3, -0.25) is 19.3 Å². The van der Waals surface area contributed by atoms with Gasteiger partial charge >= 0.3 is 5.97 Å². The van der Waals surface area contributed by atoms with Gasteiger partial charge in [0.1, 0.15) is 0 Å². The normalized spacial score (nSPS) is 19.6. The lowest BCUT2D eigenvalue weighted by atomic mass is 9.85. The third kappa shape index (κ3) is 4.36. The van der Waals surface area contributed by atoms with Crippen LogP contribution in [0.3, 0.4) is 0 Å². The minimum atomic E-state index is -0.716. The number of ether oxygens (including phenoxy) is 1. The number of hydrogen-bond donors (Lipinski definition) is 1. The van der Waals surface area contributed by atoms with E-state index in [2.05, 4.69) is 21.2 Å². The second kappa shape index (κ2) is 9.08. The quantitative estimate of drug-likeness (QED) is 0.383. The van der Waals surface area contributed by atoms with Crippen molar-refractivity contribution in [3.63, 3.8) is 0 Å². The zero-order chi connectivity index (χ0) is 22.8. The number of allylic oxidation sites excluding steroid dienone is 2. The number of carbonyl (C=O) groups is 4. The van der Waals surface area contributed by atoms with Gasteiger partial charge < -0.3 is 10.1 Å². The molecule has 1 N–H and O–H groups in total.